The van der Waals surface area contributed by atoms with Crippen LogP contribution in [0.2, 0.25) is 10.0 Å². The smallest absolute Gasteiger partial charge is 0.252 e. The van der Waals surface area contributed by atoms with E-state index in [2.05, 4.69) is 27.9 Å². The van der Waals surface area contributed by atoms with Crippen LogP contribution in [0.15, 0.2) is 42.5 Å². The number of amides is 1. The molecule has 1 N–H and O–H groups in total. The summed E-state index contributed by atoms with van der Waals surface area (Å²) in [5, 5.41) is 4.55. The molecule has 1 fully saturated rings. The van der Waals surface area contributed by atoms with Crippen LogP contribution in [0.4, 0.5) is 0 Å². The molecule has 0 saturated heterocycles. The Hall–Kier alpha value is -0.780. The highest BCUT2D eigenvalue weighted by Crippen LogP contribution is 2.37. The van der Waals surface area contributed by atoms with E-state index >= 15 is 0 Å². The summed E-state index contributed by atoms with van der Waals surface area (Å²) in [5.74, 6) is 0.218. The van der Waals surface area contributed by atoms with Crippen LogP contribution in [0.25, 0.3) is 0 Å². The van der Waals surface area contributed by atoms with Crippen LogP contribution in [-0.4, -0.2) is 11.9 Å². The molecule has 1 aliphatic carbocycles. The lowest BCUT2D eigenvalue weighted by molar-refractivity contribution is 0.0920. The molecule has 2 atom stereocenters. The Morgan fingerprint density at radius 1 is 1.08 bits per heavy atom. The second-order valence-corrected chi connectivity index (χ2v) is 8.12. The molecule has 1 amide bonds. The van der Waals surface area contributed by atoms with Crippen LogP contribution in [0.3, 0.4) is 0 Å². The van der Waals surface area contributed by atoms with E-state index in [9.17, 15) is 4.79 Å². The zero-order valence-corrected chi connectivity index (χ0v) is 16.7. The molecule has 24 heavy (non-hydrogen) atoms. The number of carbonyl (C=O) groups excluding carboxylic acids is 1. The van der Waals surface area contributed by atoms with Crippen molar-refractivity contribution >= 4 is 51.7 Å². The Morgan fingerprint density at radius 3 is 2.58 bits per heavy atom. The minimum Gasteiger partial charge on any atom is -0.349 e. The number of nitrogens with one attached hydrogen (secondary N) is 1. The second kappa shape index (κ2) is 8.07. The fourth-order valence-electron chi connectivity index (χ4n) is 3.37. The molecule has 1 aliphatic rings. The van der Waals surface area contributed by atoms with E-state index < -0.39 is 0 Å². The Morgan fingerprint density at radius 2 is 1.83 bits per heavy atom. The van der Waals surface area contributed by atoms with Gasteiger partial charge in [-0.2, -0.15) is 0 Å². The monoisotopic (exact) mass is 473 g/mol. The molecule has 0 aromatic heterocycles. The molecule has 5 heteroatoms. The normalized spacial score (nSPS) is 20.6. The van der Waals surface area contributed by atoms with E-state index in [-0.39, 0.29) is 17.9 Å². The lowest BCUT2D eigenvalue weighted by Gasteiger charge is -2.33. The predicted octanol–water partition coefficient (Wildman–Crippen LogP) is 6.05. The summed E-state index contributed by atoms with van der Waals surface area (Å²) in [7, 11) is 0. The van der Waals surface area contributed by atoms with Gasteiger partial charge < -0.3 is 5.32 Å². The SMILES string of the molecule is O=C(N[C@@H]1CCCC[C@H]1c1ccc(Cl)cc1Cl)c1ccccc1I. The van der Waals surface area contributed by atoms with Gasteiger partial charge in [0.2, 0.25) is 0 Å². The van der Waals surface area contributed by atoms with Gasteiger partial charge in [-0.05, 0) is 65.3 Å². The number of rotatable bonds is 3. The van der Waals surface area contributed by atoms with Gasteiger partial charge >= 0.3 is 0 Å². The van der Waals surface area contributed by atoms with E-state index in [1.165, 1.54) is 0 Å². The van der Waals surface area contributed by atoms with Gasteiger partial charge in [0.1, 0.15) is 0 Å². The molecular formula is C19H18Cl2INO. The maximum absolute atomic E-state index is 12.7. The molecule has 1 saturated carbocycles. The first kappa shape index (κ1) is 18.0. The minimum atomic E-state index is -0.0121. The Labute approximate surface area is 166 Å². The number of halogens is 3. The highest BCUT2D eigenvalue weighted by Gasteiger charge is 2.29. The van der Waals surface area contributed by atoms with Gasteiger partial charge in [0, 0.05) is 25.6 Å². The summed E-state index contributed by atoms with van der Waals surface area (Å²) in [6, 6.07) is 13.4. The summed E-state index contributed by atoms with van der Waals surface area (Å²) in [6.07, 6.45) is 4.27. The van der Waals surface area contributed by atoms with Crippen molar-refractivity contribution in [3.05, 3.63) is 67.2 Å². The van der Waals surface area contributed by atoms with Gasteiger partial charge in [-0.1, -0.05) is 54.2 Å². The summed E-state index contributed by atoms with van der Waals surface area (Å²) < 4.78 is 0.962. The van der Waals surface area contributed by atoms with Crippen molar-refractivity contribution < 1.29 is 4.79 Å². The molecule has 2 nitrogen and oxygen atoms in total. The second-order valence-electron chi connectivity index (χ2n) is 6.12. The Bertz CT molecular complexity index is 750. The van der Waals surface area contributed by atoms with E-state index in [1.54, 1.807) is 6.07 Å². The van der Waals surface area contributed by atoms with E-state index in [1.807, 2.05) is 36.4 Å². The van der Waals surface area contributed by atoms with Gasteiger partial charge in [-0.15, -0.1) is 0 Å². The van der Waals surface area contributed by atoms with Crippen LogP contribution in [0, 0.1) is 3.57 Å². The molecule has 3 rings (SSSR count). The van der Waals surface area contributed by atoms with E-state index in [0.29, 0.717) is 10.0 Å². The largest absolute Gasteiger partial charge is 0.349 e. The number of carbonyl (C=O) groups is 1. The van der Waals surface area contributed by atoms with Gasteiger partial charge in [-0.3, -0.25) is 4.79 Å². The number of hydrogen-bond donors (Lipinski definition) is 1. The summed E-state index contributed by atoms with van der Waals surface area (Å²) in [6.45, 7) is 0. The Kier molecular flexibility index (Phi) is 6.06. The first-order chi connectivity index (χ1) is 11.6. The quantitative estimate of drug-likeness (QED) is 0.539. The number of benzene rings is 2. The summed E-state index contributed by atoms with van der Waals surface area (Å²) in [5.41, 5.74) is 1.80. The lowest BCUT2D eigenvalue weighted by atomic mass is 9.80. The van der Waals surface area contributed by atoms with E-state index in [0.717, 1.165) is 40.4 Å². The molecule has 0 heterocycles. The topological polar surface area (TPSA) is 29.1 Å². The molecule has 0 radical (unpaired) electrons. The molecule has 0 bridgehead atoms. The zero-order chi connectivity index (χ0) is 17.1. The lowest BCUT2D eigenvalue weighted by Crippen LogP contribution is -2.41. The molecule has 2 aromatic carbocycles. The first-order valence-corrected chi connectivity index (χ1v) is 9.90. The van der Waals surface area contributed by atoms with Gasteiger partial charge in [-0.25, -0.2) is 0 Å². The molecule has 0 unspecified atom stereocenters. The summed E-state index contributed by atoms with van der Waals surface area (Å²) >= 11 is 14.6. The van der Waals surface area contributed by atoms with Crippen molar-refractivity contribution in [3.8, 4) is 0 Å². The fraction of sp³-hybridized carbons (Fsp3) is 0.316. The third kappa shape index (κ3) is 4.06. The van der Waals surface area contributed by atoms with Gasteiger partial charge in [0.25, 0.3) is 5.91 Å². The van der Waals surface area contributed by atoms with Crippen molar-refractivity contribution in [2.24, 2.45) is 0 Å². The maximum atomic E-state index is 12.7. The number of hydrogen-bond acceptors (Lipinski definition) is 1. The zero-order valence-electron chi connectivity index (χ0n) is 13.1. The van der Waals surface area contributed by atoms with Crippen LogP contribution in [0.1, 0.15) is 47.5 Å². The third-order valence-corrected chi connectivity index (χ3v) is 6.07. The minimum absolute atomic E-state index is 0.0121. The van der Waals surface area contributed by atoms with Crippen molar-refractivity contribution in [2.45, 2.75) is 37.6 Å². The van der Waals surface area contributed by atoms with Crippen LogP contribution < -0.4 is 5.32 Å². The first-order valence-electron chi connectivity index (χ1n) is 8.06. The maximum Gasteiger partial charge on any atom is 0.252 e. The highest BCUT2D eigenvalue weighted by atomic mass is 127. The fourth-order valence-corrected chi connectivity index (χ4v) is 4.55. The standard InChI is InChI=1S/C19H18Cl2INO/c20-12-9-10-13(16(21)11-12)14-5-2-4-8-18(14)23-19(24)15-6-1-3-7-17(15)22/h1,3,6-7,9-11,14,18H,2,4-5,8H2,(H,23,24)/t14-,18+/m0/s1. The molecule has 0 aliphatic heterocycles. The van der Waals surface area contributed by atoms with Crippen molar-refractivity contribution in [3.63, 3.8) is 0 Å². The van der Waals surface area contributed by atoms with Gasteiger partial charge in [0.15, 0.2) is 0 Å². The van der Waals surface area contributed by atoms with Crippen molar-refractivity contribution in [1.29, 1.82) is 0 Å². The highest BCUT2D eigenvalue weighted by molar-refractivity contribution is 14.1. The molecule has 0 spiro atoms. The van der Waals surface area contributed by atoms with Crippen molar-refractivity contribution in [2.75, 3.05) is 0 Å². The van der Waals surface area contributed by atoms with Gasteiger partial charge in [0.05, 0.1) is 5.56 Å². The van der Waals surface area contributed by atoms with Crippen molar-refractivity contribution in [1.82, 2.24) is 5.32 Å². The summed E-state index contributed by atoms with van der Waals surface area (Å²) in [4.78, 5) is 12.7. The van der Waals surface area contributed by atoms with Crippen LogP contribution >= 0.6 is 45.8 Å². The molecule has 126 valence electrons. The molecular weight excluding hydrogens is 456 g/mol. The van der Waals surface area contributed by atoms with E-state index in [4.69, 9.17) is 23.2 Å². The van der Waals surface area contributed by atoms with Crippen LogP contribution in [0.5, 0.6) is 0 Å². The van der Waals surface area contributed by atoms with Crippen LogP contribution in [-0.2, 0) is 0 Å². The average Bonchev–Trinajstić information content (AvgIpc) is 2.56. The Balaban J connectivity index is 1.82. The molecule has 2 aromatic rings. The third-order valence-electron chi connectivity index (χ3n) is 4.56. The predicted molar refractivity (Wildman–Crippen MR) is 108 cm³/mol. The average molecular weight is 474 g/mol.